The first-order valence-electron chi connectivity index (χ1n) is 16.4. The van der Waals surface area contributed by atoms with Crippen molar-refractivity contribution >= 4 is 44.0 Å². The average molecular weight is 626 g/mol. The summed E-state index contributed by atoms with van der Waals surface area (Å²) in [4.78, 5) is 21.4. The van der Waals surface area contributed by atoms with Crippen LogP contribution in [0.4, 0.5) is 17.1 Å². The van der Waals surface area contributed by atoms with E-state index in [-0.39, 0.29) is 0 Å². The Hall–Kier alpha value is -3.85. The molecule has 2 unspecified atom stereocenters. The third-order valence-corrected chi connectivity index (χ3v) is 11.2. The number of aryl methyl sites for hydroxylation is 2. The largest absolute Gasteiger partial charge is 0.382 e. The van der Waals surface area contributed by atoms with Gasteiger partial charge in [-0.2, -0.15) is 0 Å². The second kappa shape index (κ2) is 11.5. The van der Waals surface area contributed by atoms with E-state index < -0.39 is 15.9 Å². The summed E-state index contributed by atoms with van der Waals surface area (Å²) in [6.45, 7) is 4.40. The molecule has 0 radical (unpaired) electrons. The molecule has 7 rings (SSSR count). The number of anilines is 3. The molecule has 1 N–H and O–H groups in total. The highest BCUT2D eigenvalue weighted by molar-refractivity contribution is 7.92. The van der Waals surface area contributed by atoms with Crippen LogP contribution in [-0.4, -0.2) is 49.3 Å². The molecule has 4 aromatic rings. The van der Waals surface area contributed by atoms with Crippen LogP contribution in [0.15, 0.2) is 54.6 Å². The third-order valence-electron chi connectivity index (χ3n) is 10.2. The smallest absolute Gasteiger partial charge is 0.272 e. The van der Waals surface area contributed by atoms with Gasteiger partial charge in [0.2, 0.25) is 10.0 Å². The van der Waals surface area contributed by atoms with Gasteiger partial charge in [-0.15, -0.1) is 0 Å². The van der Waals surface area contributed by atoms with Gasteiger partial charge >= 0.3 is 0 Å². The standard InChI is InChI=1S/C36H43N5O3S/c1-23-10-12-25-20-27(14-17-31(25)37-23)35-38-32-22-28(15-18-34(32)40(35)29-8-6-5-7-9-29)36(42)41(45(4,43)44)30-16-19-33-26(21-30)13-11-24(2)39(33)3/h14-24,29,37H,5-13H2,1-4H3. The lowest BCUT2D eigenvalue weighted by Crippen LogP contribution is -2.37. The highest BCUT2D eigenvalue weighted by Gasteiger charge is 2.30. The molecule has 1 saturated carbocycles. The van der Waals surface area contributed by atoms with Crippen LogP contribution in [-0.2, 0) is 22.9 Å². The highest BCUT2D eigenvalue weighted by Crippen LogP contribution is 2.39. The summed E-state index contributed by atoms with van der Waals surface area (Å²) >= 11 is 0. The van der Waals surface area contributed by atoms with Crippen LogP contribution in [0.1, 0.15) is 86.3 Å². The molecule has 1 fully saturated rings. The quantitative estimate of drug-likeness (QED) is 0.250. The van der Waals surface area contributed by atoms with E-state index in [4.69, 9.17) is 4.98 Å². The first kappa shape index (κ1) is 29.8. The van der Waals surface area contributed by atoms with E-state index in [1.165, 1.54) is 30.5 Å². The van der Waals surface area contributed by atoms with Crippen molar-refractivity contribution in [2.24, 2.45) is 0 Å². The number of sulfonamides is 1. The van der Waals surface area contributed by atoms with Crippen molar-refractivity contribution in [2.45, 2.75) is 89.8 Å². The lowest BCUT2D eigenvalue weighted by Gasteiger charge is -2.34. The van der Waals surface area contributed by atoms with Gasteiger partial charge in [-0.05, 0) is 118 Å². The zero-order valence-electron chi connectivity index (χ0n) is 26.7. The highest BCUT2D eigenvalue weighted by atomic mass is 32.2. The van der Waals surface area contributed by atoms with Gasteiger partial charge in [-0.1, -0.05) is 19.3 Å². The van der Waals surface area contributed by atoms with E-state index in [2.05, 4.69) is 53.9 Å². The number of carbonyl (C=O) groups excluding carboxylic acids is 1. The maximum absolute atomic E-state index is 14.1. The Balaban J connectivity index is 1.30. The summed E-state index contributed by atoms with van der Waals surface area (Å²) in [6.07, 6.45) is 10.8. The monoisotopic (exact) mass is 625 g/mol. The predicted molar refractivity (Wildman–Crippen MR) is 183 cm³/mol. The first-order valence-corrected chi connectivity index (χ1v) is 18.3. The van der Waals surface area contributed by atoms with Gasteiger partial charge in [0, 0.05) is 47.7 Å². The second-order valence-corrected chi connectivity index (χ2v) is 15.2. The van der Waals surface area contributed by atoms with Crippen molar-refractivity contribution in [3.8, 4) is 11.4 Å². The maximum Gasteiger partial charge on any atom is 0.272 e. The number of nitrogens with zero attached hydrogens (tertiary/aromatic N) is 4. The number of fused-ring (bicyclic) bond motifs is 3. The van der Waals surface area contributed by atoms with E-state index in [1.54, 1.807) is 18.2 Å². The van der Waals surface area contributed by atoms with Gasteiger partial charge in [-0.25, -0.2) is 17.7 Å². The molecular formula is C36H43N5O3S. The van der Waals surface area contributed by atoms with Crippen LogP contribution in [0.25, 0.3) is 22.4 Å². The Labute approximate surface area is 266 Å². The fourth-order valence-corrected chi connectivity index (χ4v) is 8.45. The SMILES string of the molecule is CC1CCc2cc(-c3nc4cc(C(=O)N(c5ccc6c(c5)CCC(C)N6C)S(C)(=O)=O)ccc4n3C3CCCCC3)ccc2N1. The van der Waals surface area contributed by atoms with E-state index in [0.29, 0.717) is 34.9 Å². The molecule has 1 amide bonds. The number of nitrogens with one attached hydrogen (secondary N) is 1. The zero-order valence-corrected chi connectivity index (χ0v) is 27.5. The van der Waals surface area contributed by atoms with Crippen molar-refractivity contribution in [3.63, 3.8) is 0 Å². The van der Waals surface area contributed by atoms with Crippen molar-refractivity contribution in [1.29, 1.82) is 0 Å². The van der Waals surface area contributed by atoms with Crippen molar-refractivity contribution in [1.82, 2.24) is 9.55 Å². The number of aromatic nitrogens is 2. The molecule has 8 nitrogen and oxygen atoms in total. The van der Waals surface area contributed by atoms with E-state index >= 15 is 0 Å². The van der Waals surface area contributed by atoms with Crippen LogP contribution in [0.5, 0.6) is 0 Å². The Bertz CT molecular complexity index is 1890. The zero-order chi connectivity index (χ0) is 31.5. The number of hydrogen-bond acceptors (Lipinski definition) is 6. The number of rotatable bonds is 5. The summed E-state index contributed by atoms with van der Waals surface area (Å²) < 4.78 is 29.6. The molecule has 3 aromatic carbocycles. The van der Waals surface area contributed by atoms with E-state index in [9.17, 15) is 13.2 Å². The summed E-state index contributed by atoms with van der Waals surface area (Å²) in [5, 5.41) is 3.60. The maximum atomic E-state index is 14.1. The van der Waals surface area contributed by atoms with E-state index in [1.807, 2.05) is 18.2 Å². The topological polar surface area (TPSA) is 87.5 Å². The number of imidazole rings is 1. The van der Waals surface area contributed by atoms with Crippen LogP contribution in [0, 0.1) is 0 Å². The van der Waals surface area contributed by atoms with Gasteiger partial charge < -0.3 is 14.8 Å². The number of amides is 1. The molecule has 236 valence electrons. The summed E-state index contributed by atoms with van der Waals surface area (Å²) in [6, 6.07) is 18.8. The molecule has 45 heavy (non-hydrogen) atoms. The van der Waals surface area contributed by atoms with Crippen molar-refractivity contribution in [2.75, 3.05) is 27.8 Å². The lowest BCUT2D eigenvalue weighted by molar-refractivity contribution is 0.101. The van der Waals surface area contributed by atoms with E-state index in [0.717, 1.165) is 77.2 Å². The molecule has 2 atom stereocenters. The summed E-state index contributed by atoms with van der Waals surface area (Å²) in [5.41, 5.74) is 8.06. The van der Waals surface area contributed by atoms with Crippen LogP contribution >= 0.6 is 0 Å². The number of benzene rings is 3. The molecule has 0 spiro atoms. The van der Waals surface area contributed by atoms with Gasteiger partial charge in [0.15, 0.2) is 0 Å². The molecular weight excluding hydrogens is 582 g/mol. The third kappa shape index (κ3) is 5.49. The normalized spacial score (nSPS) is 20.4. The van der Waals surface area contributed by atoms with Gasteiger partial charge in [-0.3, -0.25) is 4.79 Å². The summed E-state index contributed by atoms with van der Waals surface area (Å²) in [7, 11) is -1.85. The fraction of sp³-hybridized carbons (Fsp3) is 0.444. The van der Waals surface area contributed by atoms with Crippen LogP contribution in [0.3, 0.4) is 0 Å². The number of carbonyl (C=O) groups is 1. The van der Waals surface area contributed by atoms with Gasteiger partial charge in [0.25, 0.3) is 5.91 Å². The second-order valence-electron chi connectivity index (χ2n) is 13.4. The molecule has 3 heterocycles. The molecule has 9 heteroatoms. The molecule has 2 aliphatic heterocycles. The summed E-state index contributed by atoms with van der Waals surface area (Å²) in [5.74, 6) is 0.343. The number of hydrogen-bond donors (Lipinski definition) is 1. The van der Waals surface area contributed by atoms with Crippen LogP contribution in [0.2, 0.25) is 0 Å². The Morgan fingerprint density at radius 3 is 2.47 bits per heavy atom. The fourth-order valence-electron chi connectivity index (χ4n) is 7.55. The molecule has 0 bridgehead atoms. The lowest BCUT2D eigenvalue weighted by atomic mass is 9.94. The first-order chi connectivity index (χ1) is 21.6. The Morgan fingerprint density at radius 1 is 0.911 bits per heavy atom. The minimum Gasteiger partial charge on any atom is -0.382 e. The van der Waals surface area contributed by atoms with Gasteiger partial charge in [0.05, 0.1) is 23.0 Å². The predicted octanol–water partition coefficient (Wildman–Crippen LogP) is 7.33. The molecule has 3 aliphatic rings. The average Bonchev–Trinajstić information content (AvgIpc) is 3.41. The molecule has 0 saturated heterocycles. The minimum absolute atomic E-state index is 0.305. The van der Waals surface area contributed by atoms with Gasteiger partial charge in [0.1, 0.15) is 5.82 Å². The molecule has 1 aliphatic carbocycles. The van der Waals surface area contributed by atoms with Crippen molar-refractivity contribution < 1.29 is 13.2 Å². The van der Waals surface area contributed by atoms with Crippen LogP contribution < -0.4 is 14.5 Å². The Morgan fingerprint density at radius 2 is 1.69 bits per heavy atom. The van der Waals surface area contributed by atoms with Crippen molar-refractivity contribution in [3.05, 3.63) is 71.3 Å². The Kier molecular flexibility index (Phi) is 7.63. The molecule has 1 aromatic heterocycles. The minimum atomic E-state index is -3.91.